The summed E-state index contributed by atoms with van der Waals surface area (Å²) < 4.78 is 5.81. The van der Waals surface area contributed by atoms with E-state index in [0.717, 1.165) is 12.8 Å². The van der Waals surface area contributed by atoms with Gasteiger partial charge in [-0.05, 0) is 20.3 Å². The average Bonchev–Trinajstić information content (AvgIpc) is 2.56. The van der Waals surface area contributed by atoms with Crippen molar-refractivity contribution in [2.75, 3.05) is 7.05 Å². The van der Waals surface area contributed by atoms with E-state index in [9.17, 15) is 4.79 Å². The third-order valence-electron chi connectivity index (χ3n) is 4.16. The number of rotatable bonds is 9. The molecule has 0 bridgehead atoms. The molecule has 0 spiro atoms. The highest BCUT2D eigenvalue weighted by molar-refractivity contribution is 5.83. The van der Waals surface area contributed by atoms with Gasteiger partial charge < -0.3 is 9.64 Å². The van der Waals surface area contributed by atoms with Crippen LogP contribution in [0.25, 0.3) is 0 Å². The number of likely N-dealkylation sites (N-methyl/N-ethyl adjacent to an activating group) is 1. The minimum atomic E-state index is -0.429. The Labute approximate surface area is 118 Å². The number of hydrogen-bond acceptors (Lipinski definition) is 2. The molecule has 0 saturated carbocycles. The fourth-order valence-electron chi connectivity index (χ4n) is 2.60. The number of nitrogens with zero attached hydrogens (tertiary/aromatic N) is 1. The van der Waals surface area contributed by atoms with Gasteiger partial charge in [-0.3, -0.25) is 4.79 Å². The van der Waals surface area contributed by atoms with Crippen LogP contribution in [0.3, 0.4) is 0 Å². The minimum absolute atomic E-state index is 0.146. The lowest BCUT2D eigenvalue weighted by molar-refractivity contribution is -0.130. The highest BCUT2D eigenvalue weighted by Crippen LogP contribution is 2.28. The fraction of sp³-hybridized carbons (Fsp3) is 0.938. The summed E-state index contributed by atoms with van der Waals surface area (Å²) in [6.07, 6.45) is 11.0. The number of hydrogen-bond donors (Lipinski definition) is 0. The summed E-state index contributed by atoms with van der Waals surface area (Å²) >= 11 is 0. The molecule has 1 fully saturated rings. The summed E-state index contributed by atoms with van der Waals surface area (Å²) in [5.41, 5.74) is -0.429. The van der Waals surface area contributed by atoms with Crippen LogP contribution in [0.15, 0.2) is 0 Å². The van der Waals surface area contributed by atoms with Crippen LogP contribution < -0.4 is 0 Å². The molecule has 0 radical (unpaired) electrons. The van der Waals surface area contributed by atoms with Gasteiger partial charge >= 0.3 is 0 Å². The second-order valence-corrected chi connectivity index (χ2v) is 6.21. The molecule has 0 aromatic rings. The number of amides is 1. The van der Waals surface area contributed by atoms with Crippen LogP contribution in [0.2, 0.25) is 0 Å². The van der Waals surface area contributed by atoms with Crippen LogP contribution in [-0.4, -0.2) is 29.7 Å². The van der Waals surface area contributed by atoms with Crippen molar-refractivity contribution in [1.29, 1.82) is 0 Å². The van der Waals surface area contributed by atoms with E-state index >= 15 is 0 Å². The average molecular weight is 269 g/mol. The van der Waals surface area contributed by atoms with Crippen LogP contribution in [0.4, 0.5) is 0 Å². The zero-order chi connectivity index (χ0) is 14.3. The molecule has 112 valence electrons. The first-order chi connectivity index (χ1) is 8.99. The van der Waals surface area contributed by atoms with Crippen LogP contribution in [0.5, 0.6) is 0 Å². The zero-order valence-electron chi connectivity index (χ0n) is 13.2. The van der Waals surface area contributed by atoms with Crippen molar-refractivity contribution in [1.82, 2.24) is 4.90 Å². The molecule has 1 heterocycles. The molecule has 1 saturated heterocycles. The van der Waals surface area contributed by atoms with Gasteiger partial charge in [0.15, 0.2) is 0 Å². The lowest BCUT2D eigenvalue weighted by Gasteiger charge is -2.25. The monoisotopic (exact) mass is 269 g/mol. The van der Waals surface area contributed by atoms with Crippen molar-refractivity contribution < 1.29 is 9.53 Å². The Balaban J connectivity index is 2.06. The van der Waals surface area contributed by atoms with Gasteiger partial charge in [0.2, 0.25) is 0 Å². The van der Waals surface area contributed by atoms with Gasteiger partial charge in [0.05, 0.1) is 0 Å². The highest BCUT2D eigenvalue weighted by atomic mass is 16.5. The first-order valence-corrected chi connectivity index (χ1v) is 7.94. The van der Waals surface area contributed by atoms with Crippen molar-refractivity contribution in [3.63, 3.8) is 0 Å². The summed E-state index contributed by atoms with van der Waals surface area (Å²) in [6.45, 7) is 6.16. The largest absolute Gasteiger partial charge is 0.343 e. The third kappa shape index (κ3) is 5.13. The van der Waals surface area contributed by atoms with Crippen molar-refractivity contribution in [3.05, 3.63) is 0 Å². The molecule has 1 amide bonds. The second-order valence-electron chi connectivity index (χ2n) is 6.21. The lowest BCUT2D eigenvalue weighted by Crippen LogP contribution is -2.38. The van der Waals surface area contributed by atoms with Crippen LogP contribution in [0.1, 0.15) is 78.6 Å². The maximum absolute atomic E-state index is 12.0. The van der Waals surface area contributed by atoms with Gasteiger partial charge in [-0.15, -0.1) is 0 Å². The molecule has 0 aliphatic carbocycles. The number of unbranched alkanes of at least 4 members (excludes halogenated alkanes) is 7. The predicted octanol–water partition coefficient (Wildman–Crippen LogP) is 4.11. The quantitative estimate of drug-likeness (QED) is 0.589. The summed E-state index contributed by atoms with van der Waals surface area (Å²) in [5.74, 6) is 0.146. The standard InChI is InChI=1S/C16H31NO2/c1-5-6-7-8-9-10-11-12-13-14-15(18)17(4)16(2,3)19-14/h14H,5-13H2,1-4H3. The second kappa shape index (κ2) is 7.88. The first kappa shape index (κ1) is 16.5. The van der Waals surface area contributed by atoms with Gasteiger partial charge in [0.1, 0.15) is 11.8 Å². The predicted molar refractivity (Wildman–Crippen MR) is 78.9 cm³/mol. The third-order valence-corrected chi connectivity index (χ3v) is 4.16. The zero-order valence-corrected chi connectivity index (χ0v) is 13.2. The highest BCUT2D eigenvalue weighted by Gasteiger charge is 2.42. The fourth-order valence-corrected chi connectivity index (χ4v) is 2.60. The van der Waals surface area contributed by atoms with E-state index in [1.54, 1.807) is 4.90 Å². The van der Waals surface area contributed by atoms with Gasteiger partial charge in [-0.2, -0.15) is 0 Å². The molecule has 1 atom stereocenters. The van der Waals surface area contributed by atoms with Crippen molar-refractivity contribution in [2.24, 2.45) is 0 Å². The molecular formula is C16H31NO2. The maximum atomic E-state index is 12.0. The van der Waals surface area contributed by atoms with E-state index in [2.05, 4.69) is 6.92 Å². The SMILES string of the molecule is CCCCCCCCCCC1OC(C)(C)N(C)C1=O. The Morgan fingerprint density at radius 2 is 1.58 bits per heavy atom. The van der Waals surface area contributed by atoms with Crippen LogP contribution >= 0.6 is 0 Å². The van der Waals surface area contributed by atoms with Crippen LogP contribution in [0, 0.1) is 0 Å². The van der Waals surface area contributed by atoms with Gasteiger partial charge in [0, 0.05) is 7.05 Å². The molecular weight excluding hydrogens is 238 g/mol. The van der Waals surface area contributed by atoms with Crippen LogP contribution in [-0.2, 0) is 9.53 Å². The normalized spacial score (nSPS) is 22.2. The van der Waals surface area contributed by atoms with Gasteiger partial charge in [0.25, 0.3) is 5.91 Å². The molecule has 3 nitrogen and oxygen atoms in total. The van der Waals surface area contributed by atoms with Gasteiger partial charge in [-0.1, -0.05) is 58.3 Å². The Morgan fingerprint density at radius 3 is 2.05 bits per heavy atom. The van der Waals surface area contributed by atoms with Crippen molar-refractivity contribution >= 4 is 5.91 Å². The minimum Gasteiger partial charge on any atom is -0.343 e. The molecule has 1 rings (SSSR count). The summed E-state index contributed by atoms with van der Waals surface area (Å²) in [7, 11) is 1.83. The summed E-state index contributed by atoms with van der Waals surface area (Å²) in [4.78, 5) is 13.7. The van der Waals surface area contributed by atoms with E-state index in [1.165, 1.54) is 44.9 Å². The van der Waals surface area contributed by atoms with E-state index in [-0.39, 0.29) is 12.0 Å². The van der Waals surface area contributed by atoms with Crippen molar-refractivity contribution in [3.8, 4) is 0 Å². The topological polar surface area (TPSA) is 29.5 Å². The summed E-state index contributed by atoms with van der Waals surface area (Å²) in [6, 6.07) is 0. The molecule has 1 unspecified atom stereocenters. The number of ether oxygens (including phenoxy) is 1. The maximum Gasteiger partial charge on any atom is 0.253 e. The Kier molecular flexibility index (Phi) is 6.84. The molecule has 0 aromatic carbocycles. The molecule has 0 N–H and O–H groups in total. The van der Waals surface area contributed by atoms with E-state index < -0.39 is 5.72 Å². The Hall–Kier alpha value is -0.570. The molecule has 3 heteroatoms. The van der Waals surface area contributed by atoms with Gasteiger partial charge in [-0.25, -0.2) is 0 Å². The van der Waals surface area contributed by atoms with Crippen molar-refractivity contribution in [2.45, 2.75) is 90.4 Å². The van der Waals surface area contributed by atoms with E-state index in [4.69, 9.17) is 4.74 Å². The number of carbonyl (C=O) groups excluding carboxylic acids is 1. The molecule has 1 aliphatic rings. The first-order valence-electron chi connectivity index (χ1n) is 7.94. The number of carbonyl (C=O) groups is 1. The molecule has 0 aromatic heterocycles. The van der Waals surface area contributed by atoms with E-state index in [1.807, 2.05) is 20.9 Å². The lowest BCUT2D eigenvalue weighted by atomic mass is 10.1. The molecule has 1 aliphatic heterocycles. The smallest absolute Gasteiger partial charge is 0.253 e. The van der Waals surface area contributed by atoms with E-state index in [0.29, 0.717) is 0 Å². The Bertz CT molecular complexity index is 276. The Morgan fingerprint density at radius 1 is 1.05 bits per heavy atom. The summed E-state index contributed by atoms with van der Waals surface area (Å²) in [5, 5.41) is 0. The molecule has 19 heavy (non-hydrogen) atoms.